The summed E-state index contributed by atoms with van der Waals surface area (Å²) in [7, 11) is 4.37. The molecule has 1 aliphatic heterocycles. The van der Waals surface area contributed by atoms with Gasteiger partial charge in [-0.3, -0.25) is 0 Å². The van der Waals surface area contributed by atoms with Gasteiger partial charge < -0.3 is 29.2 Å². The van der Waals surface area contributed by atoms with E-state index in [-0.39, 0.29) is 41.5 Å². The normalized spacial score (nSPS) is 17.5. The molecular formula is C21H22O7. The summed E-state index contributed by atoms with van der Waals surface area (Å²) in [6, 6.07) is 8.33. The third-order valence-electron chi connectivity index (χ3n) is 4.64. The molecule has 0 saturated carbocycles. The molecule has 0 aliphatic carbocycles. The van der Waals surface area contributed by atoms with Crippen LogP contribution in [0, 0.1) is 5.92 Å². The molecule has 2 N–H and O–H groups in total. The SMILES string of the molecule is COc1cc(C[C@H]2COC(=O)C2=Cc2cc(OC)c(O)c(OC)c2)ccc1O. The highest BCUT2D eigenvalue weighted by Crippen LogP contribution is 2.38. The fourth-order valence-corrected chi connectivity index (χ4v) is 3.17. The van der Waals surface area contributed by atoms with Crippen LogP contribution in [0.2, 0.25) is 0 Å². The van der Waals surface area contributed by atoms with E-state index in [0.29, 0.717) is 23.3 Å². The maximum atomic E-state index is 12.3. The molecule has 1 aliphatic rings. The number of carbonyl (C=O) groups excluding carboxylic acids is 1. The zero-order chi connectivity index (χ0) is 20.3. The Labute approximate surface area is 162 Å². The fraction of sp³-hybridized carbons (Fsp3) is 0.286. The molecule has 1 fully saturated rings. The van der Waals surface area contributed by atoms with Crippen LogP contribution >= 0.6 is 0 Å². The molecule has 0 spiro atoms. The van der Waals surface area contributed by atoms with Crippen LogP contribution < -0.4 is 14.2 Å². The molecular weight excluding hydrogens is 364 g/mol. The molecule has 148 valence electrons. The second kappa shape index (κ2) is 8.12. The number of hydrogen-bond acceptors (Lipinski definition) is 7. The van der Waals surface area contributed by atoms with Crippen LogP contribution in [0.3, 0.4) is 0 Å². The molecule has 28 heavy (non-hydrogen) atoms. The molecule has 0 aromatic heterocycles. The van der Waals surface area contributed by atoms with Crippen molar-refractivity contribution in [1.82, 2.24) is 0 Å². The number of aromatic hydroxyl groups is 2. The summed E-state index contributed by atoms with van der Waals surface area (Å²) in [5.41, 5.74) is 2.07. The number of methoxy groups -OCH3 is 3. The van der Waals surface area contributed by atoms with Crippen molar-refractivity contribution < 1.29 is 34.0 Å². The standard InChI is InChI=1S/C21H22O7/c1-25-17-8-12(4-5-16(17)22)6-14-11-28-21(24)15(14)7-13-9-18(26-2)20(23)19(10-13)27-3/h4-5,7-10,14,22-23H,6,11H2,1-3H3/t14-/m0/s1. The number of phenolic OH excluding ortho intramolecular Hbond substituents is 2. The van der Waals surface area contributed by atoms with Gasteiger partial charge in [-0.2, -0.15) is 0 Å². The Balaban J connectivity index is 1.92. The number of rotatable bonds is 6. The fourth-order valence-electron chi connectivity index (χ4n) is 3.17. The molecule has 1 saturated heterocycles. The molecule has 0 unspecified atom stereocenters. The van der Waals surface area contributed by atoms with Crippen LogP contribution in [-0.2, 0) is 16.0 Å². The highest BCUT2D eigenvalue weighted by atomic mass is 16.5. The van der Waals surface area contributed by atoms with Crippen LogP contribution in [0.15, 0.2) is 35.9 Å². The van der Waals surface area contributed by atoms with E-state index < -0.39 is 0 Å². The predicted octanol–water partition coefficient (Wildman–Crippen LogP) is 2.92. The van der Waals surface area contributed by atoms with Crippen molar-refractivity contribution in [3.05, 3.63) is 47.0 Å². The van der Waals surface area contributed by atoms with Crippen molar-refractivity contribution in [2.24, 2.45) is 5.92 Å². The number of esters is 1. The van der Waals surface area contributed by atoms with Crippen molar-refractivity contribution in [1.29, 1.82) is 0 Å². The first-order chi connectivity index (χ1) is 13.5. The lowest BCUT2D eigenvalue weighted by Gasteiger charge is -2.12. The highest BCUT2D eigenvalue weighted by molar-refractivity contribution is 5.96. The Morgan fingerprint density at radius 2 is 1.68 bits per heavy atom. The van der Waals surface area contributed by atoms with Gasteiger partial charge in [-0.25, -0.2) is 4.79 Å². The molecule has 7 nitrogen and oxygen atoms in total. The van der Waals surface area contributed by atoms with Gasteiger partial charge >= 0.3 is 5.97 Å². The van der Waals surface area contributed by atoms with Gasteiger partial charge in [0.2, 0.25) is 5.75 Å². The van der Waals surface area contributed by atoms with Crippen LogP contribution in [-0.4, -0.2) is 44.1 Å². The molecule has 2 aromatic rings. The summed E-state index contributed by atoms with van der Waals surface area (Å²) in [6.45, 7) is 0.264. The van der Waals surface area contributed by atoms with E-state index in [9.17, 15) is 15.0 Å². The lowest BCUT2D eigenvalue weighted by atomic mass is 9.92. The van der Waals surface area contributed by atoms with Gasteiger partial charge in [0.25, 0.3) is 0 Å². The summed E-state index contributed by atoms with van der Waals surface area (Å²) in [6.07, 6.45) is 2.25. The summed E-state index contributed by atoms with van der Waals surface area (Å²) < 4.78 is 20.7. The Hall–Kier alpha value is -3.35. The lowest BCUT2D eigenvalue weighted by molar-refractivity contribution is -0.135. The predicted molar refractivity (Wildman–Crippen MR) is 102 cm³/mol. The second-order valence-electron chi connectivity index (χ2n) is 6.38. The van der Waals surface area contributed by atoms with E-state index in [2.05, 4.69) is 0 Å². The minimum Gasteiger partial charge on any atom is -0.504 e. The minimum atomic E-state index is -0.387. The number of ether oxygens (including phenoxy) is 4. The van der Waals surface area contributed by atoms with Gasteiger partial charge in [-0.15, -0.1) is 0 Å². The van der Waals surface area contributed by atoms with Crippen molar-refractivity contribution in [3.63, 3.8) is 0 Å². The summed E-state index contributed by atoms with van der Waals surface area (Å²) >= 11 is 0. The smallest absolute Gasteiger partial charge is 0.334 e. The number of cyclic esters (lactones) is 1. The van der Waals surface area contributed by atoms with E-state index >= 15 is 0 Å². The maximum absolute atomic E-state index is 12.3. The van der Waals surface area contributed by atoms with Crippen LogP contribution in [0.5, 0.6) is 28.7 Å². The van der Waals surface area contributed by atoms with Gasteiger partial charge in [-0.1, -0.05) is 6.07 Å². The Morgan fingerprint density at radius 3 is 2.29 bits per heavy atom. The van der Waals surface area contributed by atoms with Crippen molar-refractivity contribution >= 4 is 12.0 Å². The zero-order valence-corrected chi connectivity index (χ0v) is 15.9. The summed E-state index contributed by atoms with van der Waals surface area (Å²) in [5, 5.41) is 19.8. The molecule has 0 radical (unpaired) electrons. The lowest BCUT2D eigenvalue weighted by Crippen LogP contribution is -2.07. The molecule has 7 heteroatoms. The average Bonchev–Trinajstić information content (AvgIpc) is 3.03. The van der Waals surface area contributed by atoms with E-state index in [1.165, 1.54) is 21.3 Å². The summed E-state index contributed by atoms with van der Waals surface area (Å²) in [4.78, 5) is 12.3. The number of carbonyl (C=O) groups is 1. The number of benzene rings is 2. The maximum Gasteiger partial charge on any atom is 0.334 e. The first-order valence-electron chi connectivity index (χ1n) is 8.66. The monoisotopic (exact) mass is 386 g/mol. The third-order valence-corrected chi connectivity index (χ3v) is 4.64. The second-order valence-corrected chi connectivity index (χ2v) is 6.38. The van der Waals surface area contributed by atoms with Gasteiger partial charge in [0, 0.05) is 11.5 Å². The van der Waals surface area contributed by atoms with Crippen molar-refractivity contribution in [2.45, 2.75) is 6.42 Å². The third kappa shape index (κ3) is 3.83. The molecule has 0 amide bonds. The van der Waals surface area contributed by atoms with E-state index in [0.717, 1.165) is 5.56 Å². The zero-order valence-electron chi connectivity index (χ0n) is 15.9. The average molecular weight is 386 g/mol. The Kier molecular flexibility index (Phi) is 5.63. The molecule has 1 atom stereocenters. The molecule has 2 aromatic carbocycles. The highest BCUT2D eigenvalue weighted by Gasteiger charge is 2.31. The quantitative estimate of drug-likeness (QED) is 0.582. The van der Waals surface area contributed by atoms with Crippen molar-refractivity contribution in [3.8, 4) is 28.7 Å². The van der Waals surface area contributed by atoms with E-state index in [1.54, 1.807) is 36.4 Å². The first kappa shape index (κ1) is 19.4. The van der Waals surface area contributed by atoms with Gasteiger partial charge in [-0.05, 0) is 47.9 Å². The Bertz CT molecular complexity index is 892. The van der Waals surface area contributed by atoms with Crippen LogP contribution in [0.25, 0.3) is 6.08 Å². The number of phenols is 2. The van der Waals surface area contributed by atoms with Gasteiger partial charge in [0.1, 0.15) is 0 Å². The van der Waals surface area contributed by atoms with Crippen LogP contribution in [0.4, 0.5) is 0 Å². The topological polar surface area (TPSA) is 94.5 Å². The molecule has 0 bridgehead atoms. The van der Waals surface area contributed by atoms with Crippen molar-refractivity contribution in [2.75, 3.05) is 27.9 Å². The molecule has 1 heterocycles. The van der Waals surface area contributed by atoms with E-state index in [1.807, 2.05) is 0 Å². The molecule has 3 rings (SSSR count). The van der Waals surface area contributed by atoms with Gasteiger partial charge in [0.05, 0.1) is 27.9 Å². The number of hydrogen-bond donors (Lipinski definition) is 2. The summed E-state index contributed by atoms with van der Waals surface area (Å²) in [5.74, 6) is 0.281. The largest absolute Gasteiger partial charge is 0.504 e. The first-order valence-corrected chi connectivity index (χ1v) is 8.66. The van der Waals surface area contributed by atoms with Gasteiger partial charge in [0.15, 0.2) is 23.0 Å². The Morgan fingerprint density at radius 1 is 1.04 bits per heavy atom. The minimum absolute atomic E-state index is 0.0593. The van der Waals surface area contributed by atoms with E-state index in [4.69, 9.17) is 18.9 Å². The van der Waals surface area contributed by atoms with Crippen LogP contribution in [0.1, 0.15) is 11.1 Å².